The third kappa shape index (κ3) is 6.52. The molecule has 26 heavy (non-hydrogen) atoms. The zero-order valence-electron chi connectivity index (χ0n) is 15.6. The van der Waals surface area contributed by atoms with E-state index in [1.807, 2.05) is 0 Å². The maximum atomic E-state index is 12.0. The van der Waals surface area contributed by atoms with Crippen molar-refractivity contribution in [2.75, 3.05) is 13.2 Å². The second-order valence-electron chi connectivity index (χ2n) is 7.26. The van der Waals surface area contributed by atoms with Crippen LogP contribution in [0.25, 0.3) is 0 Å². The number of hydrogen-bond acceptors (Lipinski definition) is 5. The highest BCUT2D eigenvalue weighted by molar-refractivity contribution is 6.30. The van der Waals surface area contributed by atoms with Crippen LogP contribution in [0.5, 0.6) is 5.75 Å². The van der Waals surface area contributed by atoms with E-state index in [9.17, 15) is 9.59 Å². The Bertz CT molecular complexity index is 599. The van der Waals surface area contributed by atoms with Crippen molar-refractivity contribution in [1.82, 2.24) is 0 Å². The third-order valence-electron chi connectivity index (χ3n) is 4.77. The van der Waals surface area contributed by atoms with Crippen molar-refractivity contribution in [3.8, 4) is 5.75 Å². The van der Waals surface area contributed by atoms with Gasteiger partial charge in [-0.2, -0.15) is 0 Å². The fraction of sp³-hybridized carbons (Fsp3) is 0.600. The molecule has 1 aromatic rings. The molecular formula is C20H27ClO5. The zero-order chi connectivity index (χ0) is 19.1. The topological polar surface area (TPSA) is 61.8 Å². The highest BCUT2D eigenvalue weighted by atomic mass is 35.5. The van der Waals surface area contributed by atoms with E-state index in [-0.39, 0.29) is 12.7 Å². The van der Waals surface area contributed by atoms with Crippen LogP contribution < -0.4 is 4.74 Å². The molecule has 0 spiro atoms. The summed E-state index contributed by atoms with van der Waals surface area (Å²) in [6, 6.07) is 6.63. The summed E-state index contributed by atoms with van der Waals surface area (Å²) in [6.07, 6.45) is 2.98. The molecule has 5 nitrogen and oxygen atoms in total. The van der Waals surface area contributed by atoms with Gasteiger partial charge in [-0.05, 0) is 54.9 Å². The first-order chi connectivity index (χ1) is 12.3. The first-order valence-corrected chi connectivity index (χ1v) is 9.46. The molecule has 3 unspecified atom stereocenters. The minimum absolute atomic E-state index is 0.102. The molecule has 1 saturated carbocycles. The van der Waals surface area contributed by atoms with Crippen LogP contribution in [0.2, 0.25) is 5.02 Å². The Morgan fingerprint density at radius 1 is 1.12 bits per heavy atom. The lowest BCUT2D eigenvalue weighted by Crippen LogP contribution is -2.37. The molecular weight excluding hydrogens is 356 g/mol. The highest BCUT2D eigenvalue weighted by Crippen LogP contribution is 2.35. The molecule has 1 aromatic carbocycles. The molecule has 3 atom stereocenters. The van der Waals surface area contributed by atoms with Gasteiger partial charge in [-0.25, -0.2) is 9.59 Å². The van der Waals surface area contributed by atoms with Crippen LogP contribution >= 0.6 is 11.6 Å². The summed E-state index contributed by atoms with van der Waals surface area (Å²) < 4.78 is 15.8. The van der Waals surface area contributed by atoms with Gasteiger partial charge in [0.1, 0.15) is 11.9 Å². The van der Waals surface area contributed by atoms with Gasteiger partial charge >= 0.3 is 11.9 Å². The Hall–Kier alpha value is -1.75. The minimum atomic E-state index is -0.616. The Morgan fingerprint density at radius 3 is 2.46 bits per heavy atom. The molecule has 2 rings (SSSR count). The molecule has 0 radical (unpaired) electrons. The third-order valence-corrected chi connectivity index (χ3v) is 5.02. The van der Waals surface area contributed by atoms with Gasteiger partial charge in [-0.3, -0.25) is 0 Å². The molecule has 0 bridgehead atoms. The summed E-state index contributed by atoms with van der Waals surface area (Å²) in [7, 11) is 0. The van der Waals surface area contributed by atoms with E-state index in [2.05, 4.69) is 20.8 Å². The van der Waals surface area contributed by atoms with Crippen LogP contribution in [0.1, 0.15) is 40.0 Å². The predicted octanol–water partition coefficient (Wildman–Crippen LogP) is 4.27. The van der Waals surface area contributed by atoms with Gasteiger partial charge in [0.15, 0.2) is 13.2 Å². The van der Waals surface area contributed by atoms with E-state index in [4.69, 9.17) is 25.8 Å². The normalized spacial score (nSPS) is 22.7. The molecule has 6 heteroatoms. The van der Waals surface area contributed by atoms with E-state index in [0.717, 1.165) is 19.3 Å². The fourth-order valence-electron chi connectivity index (χ4n) is 3.31. The minimum Gasteiger partial charge on any atom is -0.482 e. The van der Waals surface area contributed by atoms with Crippen LogP contribution in [0.3, 0.4) is 0 Å². The smallest absolute Gasteiger partial charge is 0.344 e. The molecule has 0 amide bonds. The van der Waals surface area contributed by atoms with Gasteiger partial charge in [0, 0.05) is 5.02 Å². The first-order valence-electron chi connectivity index (χ1n) is 9.08. The molecule has 0 aliphatic heterocycles. The van der Waals surface area contributed by atoms with Crippen molar-refractivity contribution >= 4 is 23.5 Å². The Labute approximate surface area is 160 Å². The second kappa shape index (κ2) is 9.81. The number of ether oxygens (including phenoxy) is 3. The SMILES string of the molecule is CC1CCC(C(C)C)C(OC(=O)COC(=O)COc2ccc(Cl)cc2)C1. The summed E-state index contributed by atoms with van der Waals surface area (Å²) >= 11 is 5.78. The zero-order valence-corrected chi connectivity index (χ0v) is 16.3. The van der Waals surface area contributed by atoms with Crippen molar-refractivity contribution in [1.29, 1.82) is 0 Å². The maximum Gasteiger partial charge on any atom is 0.344 e. The van der Waals surface area contributed by atoms with E-state index in [1.165, 1.54) is 0 Å². The van der Waals surface area contributed by atoms with Crippen LogP contribution in [-0.2, 0) is 19.1 Å². The van der Waals surface area contributed by atoms with Crippen molar-refractivity contribution in [3.63, 3.8) is 0 Å². The number of halogens is 1. The molecule has 0 N–H and O–H groups in total. The van der Waals surface area contributed by atoms with Crippen LogP contribution in [0, 0.1) is 17.8 Å². The van der Waals surface area contributed by atoms with Crippen LogP contribution in [-0.4, -0.2) is 31.3 Å². The van der Waals surface area contributed by atoms with Crippen molar-refractivity contribution < 1.29 is 23.8 Å². The maximum absolute atomic E-state index is 12.0. The van der Waals surface area contributed by atoms with E-state index < -0.39 is 18.5 Å². The molecule has 0 saturated heterocycles. The number of hydrogen-bond donors (Lipinski definition) is 0. The van der Waals surface area contributed by atoms with E-state index in [0.29, 0.717) is 28.5 Å². The van der Waals surface area contributed by atoms with Gasteiger partial charge in [-0.1, -0.05) is 38.8 Å². The summed E-state index contributed by atoms with van der Waals surface area (Å²) in [5.41, 5.74) is 0. The lowest BCUT2D eigenvalue weighted by atomic mass is 9.75. The Morgan fingerprint density at radius 2 is 1.81 bits per heavy atom. The molecule has 0 heterocycles. The number of benzene rings is 1. The first kappa shape index (κ1) is 20.6. The van der Waals surface area contributed by atoms with Gasteiger partial charge < -0.3 is 14.2 Å². The molecule has 1 aliphatic rings. The Balaban J connectivity index is 1.73. The number of carbonyl (C=O) groups excluding carboxylic acids is 2. The monoisotopic (exact) mass is 382 g/mol. The van der Waals surface area contributed by atoms with Crippen LogP contribution in [0.4, 0.5) is 0 Å². The second-order valence-corrected chi connectivity index (χ2v) is 7.69. The molecule has 144 valence electrons. The number of rotatable bonds is 7. The average molecular weight is 383 g/mol. The fourth-order valence-corrected chi connectivity index (χ4v) is 3.43. The quantitative estimate of drug-likeness (QED) is 0.659. The average Bonchev–Trinajstić information content (AvgIpc) is 2.59. The molecule has 1 aliphatic carbocycles. The highest BCUT2D eigenvalue weighted by Gasteiger charge is 2.33. The summed E-state index contributed by atoms with van der Waals surface area (Å²) in [6.45, 7) is 5.80. The van der Waals surface area contributed by atoms with Gasteiger partial charge in [0.2, 0.25) is 0 Å². The van der Waals surface area contributed by atoms with Gasteiger partial charge in [0.25, 0.3) is 0 Å². The Kier molecular flexibility index (Phi) is 7.76. The van der Waals surface area contributed by atoms with E-state index >= 15 is 0 Å². The van der Waals surface area contributed by atoms with Crippen LogP contribution in [0.15, 0.2) is 24.3 Å². The van der Waals surface area contributed by atoms with E-state index in [1.54, 1.807) is 24.3 Å². The molecule has 1 fully saturated rings. The van der Waals surface area contributed by atoms with Gasteiger partial charge in [0.05, 0.1) is 0 Å². The molecule has 0 aromatic heterocycles. The summed E-state index contributed by atoms with van der Waals surface area (Å²) in [5, 5.41) is 0.583. The lowest BCUT2D eigenvalue weighted by Gasteiger charge is -2.36. The number of carbonyl (C=O) groups is 2. The number of esters is 2. The predicted molar refractivity (Wildman–Crippen MR) is 99.1 cm³/mol. The summed E-state index contributed by atoms with van der Waals surface area (Å²) in [4.78, 5) is 23.8. The van der Waals surface area contributed by atoms with Crippen molar-refractivity contribution in [2.24, 2.45) is 17.8 Å². The van der Waals surface area contributed by atoms with Crippen molar-refractivity contribution in [2.45, 2.75) is 46.1 Å². The largest absolute Gasteiger partial charge is 0.482 e. The summed E-state index contributed by atoms with van der Waals surface area (Å²) in [5.74, 6) is 0.738. The van der Waals surface area contributed by atoms with Gasteiger partial charge in [-0.15, -0.1) is 0 Å². The van der Waals surface area contributed by atoms with Crippen molar-refractivity contribution in [3.05, 3.63) is 29.3 Å². The standard InChI is InChI=1S/C20H27ClO5/c1-13(2)17-9-4-14(3)10-18(17)26-20(23)12-25-19(22)11-24-16-7-5-15(21)6-8-16/h5-8,13-14,17-18H,4,9-12H2,1-3H3. The lowest BCUT2D eigenvalue weighted by molar-refractivity contribution is -0.167.